The Balaban J connectivity index is 2.17. The minimum absolute atomic E-state index is 0.0602. The smallest absolute Gasteiger partial charge is 0.369 e. The van der Waals surface area contributed by atoms with Crippen LogP contribution in [0.25, 0.3) is 0 Å². The number of hydrogen-bond donors (Lipinski definition) is 1. The van der Waals surface area contributed by atoms with Crippen LogP contribution < -0.4 is 5.73 Å². The third-order valence-electron chi connectivity index (χ3n) is 3.85. The summed E-state index contributed by atoms with van der Waals surface area (Å²) in [5, 5.41) is 0. The maximum absolute atomic E-state index is 12.5. The quantitative estimate of drug-likeness (QED) is 0.904. The molecule has 120 valence electrons. The molecule has 2 N–H and O–H groups in total. The Bertz CT molecular complexity index is 572. The fourth-order valence-corrected chi connectivity index (χ4v) is 2.48. The number of hydrogen-bond acceptors (Lipinski definition) is 3. The van der Waals surface area contributed by atoms with Crippen LogP contribution >= 0.6 is 0 Å². The highest BCUT2D eigenvalue weighted by Gasteiger charge is 2.34. The molecule has 2 rings (SSSR count). The van der Waals surface area contributed by atoms with Gasteiger partial charge in [0.15, 0.2) is 0 Å². The van der Waals surface area contributed by atoms with Gasteiger partial charge in [-0.15, -0.1) is 0 Å². The van der Waals surface area contributed by atoms with Gasteiger partial charge in [-0.2, -0.15) is 13.2 Å². The molecule has 0 aromatic carbocycles. The van der Waals surface area contributed by atoms with Crippen LogP contribution in [-0.2, 0) is 11.0 Å². The molecule has 5 nitrogen and oxygen atoms in total. The number of aromatic nitrogens is 1. The molecule has 1 aliphatic rings. The summed E-state index contributed by atoms with van der Waals surface area (Å²) in [6.07, 6.45) is -2.41. The van der Waals surface area contributed by atoms with E-state index in [1.54, 1.807) is 0 Å². The number of alkyl halides is 3. The van der Waals surface area contributed by atoms with Crippen molar-refractivity contribution in [3.8, 4) is 0 Å². The standard InChI is InChI=1S/C14H16F3N3O2/c1-8-2-3-10(12(18)21)7-20(8)13(22)9-4-5-11(19-6-9)14(15,16)17/h4-6,8,10H,2-3,7H2,1H3,(H2,18,21)/t8-,10-/m1/s1. The van der Waals surface area contributed by atoms with E-state index in [0.717, 1.165) is 18.3 Å². The number of carbonyl (C=O) groups excluding carboxylic acids is 2. The maximum atomic E-state index is 12.5. The molecule has 0 bridgehead atoms. The summed E-state index contributed by atoms with van der Waals surface area (Å²) >= 11 is 0. The molecule has 0 saturated carbocycles. The number of pyridine rings is 1. The third kappa shape index (κ3) is 3.37. The average Bonchev–Trinajstić information content (AvgIpc) is 2.46. The molecule has 1 aromatic rings. The second-order valence-electron chi connectivity index (χ2n) is 5.41. The van der Waals surface area contributed by atoms with E-state index in [1.807, 2.05) is 6.92 Å². The number of piperidine rings is 1. The van der Waals surface area contributed by atoms with Crippen molar-refractivity contribution in [1.82, 2.24) is 9.88 Å². The van der Waals surface area contributed by atoms with Gasteiger partial charge < -0.3 is 10.6 Å². The summed E-state index contributed by atoms with van der Waals surface area (Å²) in [4.78, 5) is 28.4. The van der Waals surface area contributed by atoms with E-state index in [2.05, 4.69) is 4.98 Å². The minimum atomic E-state index is -4.54. The first-order valence-corrected chi connectivity index (χ1v) is 6.83. The van der Waals surface area contributed by atoms with Crippen molar-refractivity contribution in [3.63, 3.8) is 0 Å². The van der Waals surface area contributed by atoms with Crippen molar-refractivity contribution >= 4 is 11.8 Å². The number of likely N-dealkylation sites (tertiary alicyclic amines) is 1. The van der Waals surface area contributed by atoms with Gasteiger partial charge in [-0.05, 0) is 31.9 Å². The molecule has 2 amide bonds. The van der Waals surface area contributed by atoms with Crippen LogP contribution in [0.1, 0.15) is 35.8 Å². The zero-order chi connectivity index (χ0) is 16.5. The van der Waals surface area contributed by atoms with Gasteiger partial charge in [-0.1, -0.05) is 0 Å². The second kappa shape index (κ2) is 5.94. The lowest BCUT2D eigenvalue weighted by molar-refractivity contribution is -0.141. The fraction of sp³-hybridized carbons (Fsp3) is 0.500. The molecule has 8 heteroatoms. The lowest BCUT2D eigenvalue weighted by Gasteiger charge is -2.36. The Kier molecular flexibility index (Phi) is 4.39. The van der Waals surface area contributed by atoms with Gasteiger partial charge in [-0.3, -0.25) is 14.6 Å². The third-order valence-corrected chi connectivity index (χ3v) is 3.85. The zero-order valence-corrected chi connectivity index (χ0v) is 11.9. The summed E-state index contributed by atoms with van der Waals surface area (Å²) in [5.74, 6) is -1.35. The fourth-order valence-electron chi connectivity index (χ4n) is 2.48. The zero-order valence-electron chi connectivity index (χ0n) is 11.9. The molecule has 0 spiro atoms. The molecule has 0 radical (unpaired) electrons. The SMILES string of the molecule is C[C@@H]1CC[C@@H](C(N)=O)CN1C(=O)c1ccc(C(F)(F)F)nc1. The Labute approximate surface area is 125 Å². The van der Waals surface area contributed by atoms with Crippen LogP contribution in [0.3, 0.4) is 0 Å². The van der Waals surface area contributed by atoms with E-state index in [-0.39, 0.29) is 18.2 Å². The Morgan fingerprint density at radius 3 is 2.50 bits per heavy atom. The normalized spacial score (nSPS) is 22.5. The van der Waals surface area contributed by atoms with E-state index in [4.69, 9.17) is 5.73 Å². The number of nitrogens with two attached hydrogens (primary N) is 1. The Hall–Kier alpha value is -2.12. The van der Waals surface area contributed by atoms with Gasteiger partial charge in [0.1, 0.15) is 5.69 Å². The predicted molar refractivity (Wildman–Crippen MR) is 71.7 cm³/mol. The van der Waals surface area contributed by atoms with Gasteiger partial charge in [-0.25, -0.2) is 0 Å². The molecule has 0 aliphatic carbocycles. The van der Waals surface area contributed by atoms with Crippen LogP contribution in [-0.4, -0.2) is 34.3 Å². The predicted octanol–water partition coefficient (Wildman–Crippen LogP) is 1.83. The van der Waals surface area contributed by atoms with Gasteiger partial charge >= 0.3 is 6.18 Å². The van der Waals surface area contributed by atoms with E-state index >= 15 is 0 Å². The van der Waals surface area contributed by atoms with Gasteiger partial charge in [0.2, 0.25) is 5.91 Å². The number of carbonyl (C=O) groups is 2. The lowest BCUT2D eigenvalue weighted by atomic mass is 9.92. The summed E-state index contributed by atoms with van der Waals surface area (Å²) in [5.41, 5.74) is 4.28. The van der Waals surface area contributed by atoms with Crippen molar-refractivity contribution in [2.75, 3.05) is 6.54 Å². The van der Waals surface area contributed by atoms with Crippen LogP contribution in [0.4, 0.5) is 13.2 Å². The molecular formula is C14H16F3N3O2. The van der Waals surface area contributed by atoms with Gasteiger partial charge in [0.25, 0.3) is 5.91 Å². The molecule has 2 heterocycles. The van der Waals surface area contributed by atoms with Crippen molar-refractivity contribution in [2.24, 2.45) is 11.7 Å². The first kappa shape index (κ1) is 16.3. The van der Waals surface area contributed by atoms with Crippen molar-refractivity contribution in [1.29, 1.82) is 0 Å². The number of nitrogens with zero attached hydrogens (tertiary/aromatic N) is 2. The molecule has 1 fully saturated rings. The van der Waals surface area contributed by atoms with Crippen LogP contribution in [0.2, 0.25) is 0 Å². The van der Waals surface area contributed by atoms with Crippen LogP contribution in [0.15, 0.2) is 18.3 Å². The summed E-state index contributed by atoms with van der Waals surface area (Å²) in [6, 6.07) is 1.76. The first-order chi connectivity index (χ1) is 10.2. The Morgan fingerprint density at radius 2 is 2.00 bits per heavy atom. The van der Waals surface area contributed by atoms with Gasteiger partial charge in [0, 0.05) is 18.8 Å². The molecule has 1 saturated heterocycles. The molecule has 0 unspecified atom stereocenters. The van der Waals surface area contributed by atoms with E-state index in [0.29, 0.717) is 12.8 Å². The lowest BCUT2D eigenvalue weighted by Crippen LogP contribution is -2.48. The topological polar surface area (TPSA) is 76.3 Å². The monoisotopic (exact) mass is 315 g/mol. The molecule has 1 aromatic heterocycles. The second-order valence-corrected chi connectivity index (χ2v) is 5.41. The molecule has 2 atom stereocenters. The van der Waals surface area contributed by atoms with E-state index < -0.39 is 29.6 Å². The number of rotatable bonds is 2. The maximum Gasteiger partial charge on any atom is 0.433 e. The minimum Gasteiger partial charge on any atom is -0.369 e. The summed E-state index contributed by atoms with van der Waals surface area (Å²) in [7, 11) is 0. The highest BCUT2D eigenvalue weighted by molar-refractivity contribution is 5.94. The Morgan fingerprint density at radius 1 is 1.32 bits per heavy atom. The first-order valence-electron chi connectivity index (χ1n) is 6.83. The molecular weight excluding hydrogens is 299 g/mol. The highest BCUT2D eigenvalue weighted by Crippen LogP contribution is 2.28. The van der Waals surface area contributed by atoms with Gasteiger partial charge in [0.05, 0.1) is 11.5 Å². The van der Waals surface area contributed by atoms with Crippen LogP contribution in [0, 0.1) is 5.92 Å². The number of halogens is 3. The van der Waals surface area contributed by atoms with Crippen molar-refractivity contribution in [2.45, 2.75) is 32.0 Å². The van der Waals surface area contributed by atoms with E-state index in [1.165, 1.54) is 4.90 Å². The van der Waals surface area contributed by atoms with Crippen LogP contribution in [0.5, 0.6) is 0 Å². The number of primary amides is 1. The number of amides is 2. The van der Waals surface area contributed by atoms with Crippen molar-refractivity contribution < 1.29 is 22.8 Å². The highest BCUT2D eigenvalue weighted by atomic mass is 19.4. The molecule has 1 aliphatic heterocycles. The summed E-state index contributed by atoms with van der Waals surface area (Å²) < 4.78 is 37.4. The summed E-state index contributed by atoms with van der Waals surface area (Å²) in [6.45, 7) is 2.00. The van der Waals surface area contributed by atoms with Crippen molar-refractivity contribution in [3.05, 3.63) is 29.6 Å². The molecule has 22 heavy (non-hydrogen) atoms. The average molecular weight is 315 g/mol. The largest absolute Gasteiger partial charge is 0.433 e. The van der Waals surface area contributed by atoms with E-state index in [9.17, 15) is 22.8 Å².